The van der Waals surface area contributed by atoms with E-state index in [0.717, 1.165) is 27.1 Å². The molecule has 0 amide bonds. The summed E-state index contributed by atoms with van der Waals surface area (Å²) >= 11 is 3.64. The van der Waals surface area contributed by atoms with Crippen molar-refractivity contribution in [2.45, 2.75) is 37.0 Å². The number of hydrogen-bond acceptors (Lipinski definition) is 5. The molecule has 3 aromatic heterocycles. The van der Waals surface area contributed by atoms with Crippen LogP contribution < -0.4 is 0 Å². The molecule has 3 aromatic rings. The van der Waals surface area contributed by atoms with Gasteiger partial charge in [0.1, 0.15) is 15.7 Å². The van der Waals surface area contributed by atoms with Crippen molar-refractivity contribution in [1.82, 2.24) is 15.0 Å². The molecule has 0 spiro atoms. The van der Waals surface area contributed by atoms with Crippen LogP contribution in [0.25, 0.3) is 10.2 Å². The van der Waals surface area contributed by atoms with Crippen LogP contribution in [0.15, 0.2) is 29.4 Å². The molecule has 0 aromatic carbocycles. The van der Waals surface area contributed by atoms with Crippen molar-refractivity contribution >= 4 is 33.3 Å². The highest BCUT2D eigenvalue weighted by molar-refractivity contribution is 7.98. The third kappa shape index (κ3) is 2.45. The van der Waals surface area contributed by atoms with Crippen molar-refractivity contribution in [3.05, 3.63) is 46.4 Å². The van der Waals surface area contributed by atoms with E-state index in [0.29, 0.717) is 0 Å². The first kappa shape index (κ1) is 13.2. The Morgan fingerprint density at radius 3 is 3.05 bits per heavy atom. The zero-order chi connectivity index (χ0) is 14.2. The molecule has 0 saturated carbocycles. The van der Waals surface area contributed by atoms with Gasteiger partial charge in [-0.1, -0.05) is 17.8 Å². The van der Waals surface area contributed by atoms with Crippen molar-refractivity contribution in [2.75, 3.05) is 0 Å². The van der Waals surface area contributed by atoms with Gasteiger partial charge in [-0.3, -0.25) is 4.98 Å². The van der Waals surface area contributed by atoms with Crippen molar-refractivity contribution in [3.63, 3.8) is 0 Å². The number of pyridine rings is 1. The summed E-state index contributed by atoms with van der Waals surface area (Å²) in [7, 11) is 0. The third-order valence-corrected chi connectivity index (χ3v) is 5.92. The Hall–Kier alpha value is -1.46. The number of thiophene rings is 1. The lowest BCUT2D eigenvalue weighted by molar-refractivity contribution is 0.914. The first-order valence-electron chi connectivity index (χ1n) is 7.13. The molecule has 5 heteroatoms. The molecular formula is C16H15N3S2. The Kier molecular flexibility index (Phi) is 3.39. The average Bonchev–Trinajstić information content (AvgIpc) is 3.06. The predicted octanol–water partition coefficient (Wildman–Crippen LogP) is 4.18. The topological polar surface area (TPSA) is 38.7 Å². The molecule has 0 aliphatic heterocycles. The molecule has 0 bridgehead atoms. The second kappa shape index (κ2) is 5.39. The maximum absolute atomic E-state index is 4.70. The molecule has 0 N–H and O–H groups in total. The van der Waals surface area contributed by atoms with Crippen molar-refractivity contribution in [2.24, 2.45) is 0 Å². The number of thioether (sulfide) groups is 1. The lowest BCUT2D eigenvalue weighted by atomic mass is 10.2. The van der Waals surface area contributed by atoms with Crippen LogP contribution in [0.3, 0.4) is 0 Å². The van der Waals surface area contributed by atoms with Gasteiger partial charge < -0.3 is 0 Å². The fourth-order valence-electron chi connectivity index (χ4n) is 2.79. The zero-order valence-corrected chi connectivity index (χ0v) is 13.4. The number of hydrogen-bond donors (Lipinski definition) is 0. The minimum absolute atomic E-state index is 0.858. The van der Waals surface area contributed by atoms with Crippen LogP contribution in [0.1, 0.15) is 28.4 Å². The van der Waals surface area contributed by atoms with E-state index >= 15 is 0 Å². The lowest BCUT2D eigenvalue weighted by Gasteiger charge is -2.05. The number of rotatable bonds is 3. The van der Waals surface area contributed by atoms with Crippen molar-refractivity contribution in [1.29, 1.82) is 0 Å². The fourth-order valence-corrected chi connectivity index (χ4v) is 5.18. The van der Waals surface area contributed by atoms with Gasteiger partial charge >= 0.3 is 0 Å². The van der Waals surface area contributed by atoms with Crippen molar-refractivity contribution < 1.29 is 0 Å². The maximum atomic E-state index is 4.70. The lowest BCUT2D eigenvalue weighted by Crippen LogP contribution is -1.93. The summed E-state index contributed by atoms with van der Waals surface area (Å²) in [5, 5.41) is 2.43. The van der Waals surface area contributed by atoms with E-state index in [4.69, 9.17) is 4.98 Å². The van der Waals surface area contributed by atoms with Gasteiger partial charge in [0.15, 0.2) is 0 Å². The van der Waals surface area contributed by atoms with Crippen LogP contribution in [0.2, 0.25) is 0 Å². The van der Waals surface area contributed by atoms with Gasteiger partial charge in [0, 0.05) is 22.2 Å². The van der Waals surface area contributed by atoms with Gasteiger partial charge in [0.2, 0.25) is 0 Å². The van der Waals surface area contributed by atoms with Gasteiger partial charge in [-0.2, -0.15) is 0 Å². The molecule has 3 heterocycles. The Morgan fingerprint density at radius 1 is 1.24 bits per heavy atom. The van der Waals surface area contributed by atoms with Gasteiger partial charge in [0.05, 0.1) is 5.69 Å². The molecule has 0 radical (unpaired) electrons. The van der Waals surface area contributed by atoms with Gasteiger partial charge in [-0.25, -0.2) is 9.97 Å². The number of fused-ring (bicyclic) bond motifs is 3. The molecule has 21 heavy (non-hydrogen) atoms. The normalized spacial score (nSPS) is 13.8. The summed E-state index contributed by atoms with van der Waals surface area (Å²) < 4.78 is 0. The van der Waals surface area contributed by atoms with Crippen LogP contribution in [0.4, 0.5) is 0 Å². The highest BCUT2D eigenvalue weighted by atomic mass is 32.2. The van der Waals surface area contributed by atoms with Gasteiger partial charge in [-0.05, 0) is 43.9 Å². The van der Waals surface area contributed by atoms with E-state index < -0.39 is 0 Å². The first-order valence-corrected chi connectivity index (χ1v) is 8.93. The second-order valence-corrected chi connectivity index (χ2v) is 7.27. The van der Waals surface area contributed by atoms with E-state index in [1.165, 1.54) is 35.1 Å². The van der Waals surface area contributed by atoms with Crippen LogP contribution >= 0.6 is 23.1 Å². The minimum atomic E-state index is 0.858. The van der Waals surface area contributed by atoms with Crippen molar-refractivity contribution in [3.8, 4) is 0 Å². The zero-order valence-electron chi connectivity index (χ0n) is 11.8. The molecule has 3 nitrogen and oxygen atoms in total. The largest absolute Gasteiger partial charge is 0.260 e. The molecule has 106 valence electrons. The van der Waals surface area contributed by atoms with E-state index in [-0.39, 0.29) is 0 Å². The SMILES string of the molecule is Cc1nc(SCc2ccccn2)c2c3c(sc2n1)CCC3. The van der Waals surface area contributed by atoms with Crippen LogP contribution in [-0.4, -0.2) is 15.0 Å². The van der Waals surface area contributed by atoms with E-state index in [9.17, 15) is 0 Å². The molecule has 0 unspecified atom stereocenters. The fraction of sp³-hybridized carbons (Fsp3) is 0.312. The van der Waals surface area contributed by atoms with Crippen LogP contribution in [0, 0.1) is 6.92 Å². The highest BCUT2D eigenvalue weighted by Crippen LogP contribution is 2.40. The Morgan fingerprint density at radius 2 is 2.19 bits per heavy atom. The summed E-state index contributed by atoms with van der Waals surface area (Å²) in [6.07, 6.45) is 5.51. The number of aromatic nitrogens is 3. The van der Waals surface area contributed by atoms with Crippen LogP contribution in [-0.2, 0) is 18.6 Å². The molecule has 1 aliphatic rings. The quantitative estimate of drug-likeness (QED) is 0.537. The van der Waals surface area contributed by atoms with E-state index in [1.807, 2.05) is 36.6 Å². The maximum Gasteiger partial charge on any atom is 0.128 e. The van der Waals surface area contributed by atoms with Gasteiger partial charge in [-0.15, -0.1) is 11.3 Å². The predicted molar refractivity (Wildman–Crippen MR) is 88.0 cm³/mol. The molecule has 0 saturated heterocycles. The van der Waals surface area contributed by atoms with Gasteiger partial charge in [0.25, 0.3) is 0 Å². The first-order chi connectivity index (χ1) is 10.3. The Bertz CT molecular complexity index is 796. The minimum Gasteiger partial charge on any atom is -0.260 e. The summed E-state index contributed by atoms with van der Waals surface area (Å²) in [6, 6.07) is 6.05. The molecule has 1 aliphatic carbocycles. The third-order valence-electron chi connectivity index (χ3n) is 3.73. The molecule has 0 atom stereocenters. The standard InChI is InChI=1S/C16H15N3S2/c1-10-18-15(20-9-11-5-2-3-8-17-11)14-12-6-4-7-13(12)21-16(14)19-10/h2-3,5,8H,4,6-7,9H2,1H3. The molecule has 0 fully saturated rings. The number of nitrogens with zero attached hydrogens (tertiary/aromatic N) is 3. The molecule has 4 rings (SSSR count). The average molecular weight is 313 g/mol. The van der Waals surface area contributed by atoms with Crippen LogP contribution in [0.5, 0.6) is 0 Å². The molecular weight excluding hydrogens is 298 g/mol. The second-order valence-electron chi connectivity index (χ2n) is 5.22. The smallest absolute Gasteiger partial charge is 0.128 e. The number of aryl methyl sites for hydroxylation is 3. The Labute approximate surface area is 131 Å². The highest BCUT2D eigenvalue weighted by Gasteiger charge is 2.21. The summed E-state index contributed by atoms with van der Waals surface area (Å²) in [4.78, 5) is 16.4. The summed E-state index contributed by atoms with van der Waals surface area (Å²) in [6.45, 7) is 1.98. The van der Waals surface area contributed by atoms with E-state index in [1.54, 1.807) is 11.8 Å². The monoisotopic (exact) mass is 313 g/mol. The summed E-state index contributed by atoms with van der Waals surface area (Å²) in [5.41, 5.74) is 2.59. The van der Waals surface area contributed by atoms with E-state index in [2.05, 4.69) is 16.0 Å². The Balaban J connectivity index is 1.73. The summed E-state index contributed by atoms with van der Waals surface area (Å²) in [5.74, 6) is 1.72.